The van der Waals surface area contributed by atoms with Gasteiger partial charge in [0, 0.05) is 23.2 Å². The highest BCUT2D eigenvalue weighted by molar-refractivity contribution is 9.10. The number of benzene rings is 2. The molecule has 2 fully saturated rings. The van der Waals surface area contributed by atoms with Gasteiger partial charge < -0.3 is 20.3 Å². The molecule has 1 saturated carbocycles. The fourth-order valence-electron chi connectivity index (χ4n) is 4.62. The van der Waals surface area contributed by atoms with Gasteiger partial charge in [-0.25, -0.2) is 13.2 Å². The molecule has 1 heterocycles. The van der Waals surface area contributed by atoms with Gasteiger partial charge in [0.15, 0.2) is 5.79 Å². The van der Waals surface area contributed by atoms with Crippen LogP contribution in [0.15, 0.2) is 57.9 Å². The van der Waals surface area contributed by atoms with Gasteiger partial charge >= 0.3 is 5.97 Å². The van der Waals surface area contributed by atoms with Crippen molar-refractivity contribution in [1.29, 1.82) is 0 Å². The predicted molar refractivity (Wildman–Crippen MR) is 123 cm³/mol. The number of hydrogen-bond acceptors (Lipinski definition) is 6. The summed E-state index contributed by atoms with van der Waals surface area (Å²) >= 11 is 3.39. The van der Waals surface area contributed by atoms with Crippen molar-refractivity contribution in [3.05, 3.63) is 53.0 Å². The highest BCUT2D eigenvalue weighted by Crippen LogP contribution is 2.44. The number of aliphatic carboxylic acids is 1. The summed E-state index contributed by atoms with van der Waals surface area (Å²) in [6.07, 6.45) is 2.43. The van der Waals surface area contributed by atoms with Crippen LogP contribution in [0.2, 0.25) is 0 Å². The largest absolute Gasteiger partial charge is 0.479 e. The number of halogens is 1. The highest BCUT2D eigenvalue weighted by Gasteiger charge is 2.58. The van der Waals surface area contributed by atoms with Gasteiger partial charge in [-0.05, 0) is 54.7 Å². The summed E-state index contributed by atoms with van der Waals surface area (Å²) < 4.78 is 39.7. The summed E-state index contributed by atoms with van der Waals surface area (Å²) in [6.45, 7) is 1.00. The third-order valence-electron chi connectivity index (χ3n) is 6.41. The molecular formula is C23H26BrNO6S. The number of rotatable bonds is 5. The summed E-state index contributed by atoms with van der Waals surface area (Å²) in [4.78, 5) is 9.74. The molecule has 0 amide bonds. The topological polar surface area (TPSA) is 116 Å². The maximum atomic E-state index is 13.6. The minimum absolute atomic E-state index is 0.117. The van der Waals surface area contributed by atoms with Crippen LogP contribution >= 0.6 is 15.9 Å². The van der Waals surface area contributed by atoms with Gasteiger partial charge in [0.2, 0.25) is 14.7 Å². The average Bonchev–Trinajstić information content (AvgIpc) is 2.79. The molecule has 172 valence electrons. The molecule has 4 rings (SSSR count). The van der Waals surface area contributed by atoms with E-state index < -0.39 is 32.4 Å². The molecule has 3 N–H and O–H groups in total. The van der Waals surface area contributed by atoms with Crippen molar-refractivity contribution in [3.8, 4) is 11.1 Å². The third-order valence-corrected chi connectivity index (χ3v) is 9.23. The molecule has 1 aliphatic carbocycles. The van der Waals surface area contributed by atoms with Crippen LogP contribution in [0.1, 0.15) is 32.1 Å². The number of carbonyl (C=O) groups is 1. The minimum atomic E-state index is -4.40. The molecule has 1 aliphatic heterocycles. The van der Waals surface area contributed by atoms with Gasteiger partial charge in [-0.2, -0.15) is 0 Å². The molecule has 2 aromatic carbocycles. The first-order valence-corrected chi connectivity index (χ1v) is 12.9. The van der Waals surface area contributed by atoms with Crippen molar-refractivity contribution < 1.29 is 27.8 Å². The maximum absolute atomic E-state index is 13.6. The lowest BCUT2D eigenvalue weighted by molar-refractivity contribution is -0.287. The zero-order valence-corrected chi connectivity index (χ0v) is 19.9. The summed E-state index contributed by atoms with van der Waals surface area (Å²) in [7, 11) is -4.40. The Bertz CT molecular complexity index is 1070. The molecule has 0 bridgehead atoms. The van der Waals surface area contributed by atoms with E-state index in [2.05, 4.69) is 15.9 Å². The third kappa shape index (κ3) is 4.12. The molecule has 1 spiro atoms. The van der Waals surface area contributed by atoms with E-state index in [9.17, 15) is 18.3 Å². The van der Waals surface area contributed by atoms with Crippen molar-refractivity contribution in [2.45, 2.75) is 47.7 Å². The normalized spacial score (nSPS) is 22.9. The molecule has 2 aliphatic rings. The number of ether oxygens (including phenoxy) is 2. The van der Waals surface area contributed by atoms with Gasteiger partial charge in [-0.1, -0.05) is 40.2 Å². The van der Waals surface area contributed by atoms with Crippen molar-refractivity contribution >= 4 is 31.7 Å². The van der Waals surface area contributed by atoms with E-state index >= 15 is 0 Å². The van der Waals surface area contributed by atoms with Crippen LogP contribution in [-0.2, 0) is 24.1 Å². The Labute approximate surface area is 196 Å². The first kappa shape index (κ1) is 23.4. The fraction of sp³-hybridized carbons (Fsp3) is 0.435. The SMILES string of the molecule is NC(C(=O)O)(C1CCCC2(C1)OCCCO2)S(=O)(=O)c1ccc(-c2ccc(Br)cc2)cc1. The number of hydrogen-bond donors (Lipinski definition) is 2. The van der Waals surface area contributed by atoms with Gasteiger partial charge in [0.05, 0.1) is 18.1 Å². The molecule has 7 nitrogen and oxygen atoms in total. The summed E-state index contributed by atoms with van der Waals surface area (Å²) in [5, 5.41) is 10.0. The average molecular weight is 524 g/mol. The molecule has 0 radical (unpaired) electrons. The number of carboxylic acids is 1. The Morgan fingerprint density at radius 2 is 1.59 bits per heavy atom. The maximum Gasteiger partial charge on any atom is 0.340 e. The van der Waals surface area contributed by atoms with Crippen molar-refractivity contribution in [2.75, 3.05) is 13.2 Å². The standard InChI is InChI=1S/C23H26BrNO6S/c24-19-8-4-16(5-9-19)17-6-10-20(11-7-17)32(28,29)23(25,21(26)27)18-3-1-12-22(15-18)30-13-2-14-31-22/h4-11,18H,1-3,12-15,25H2,(H,26,27). The summed E-state index contributed by atoms with van der Waals surface area (Å²) in [5.41, 5.74) is 8.00. The second kappa shape index (κ2) is 8.87. The Morgan fingerprint density at radius 1 is 1.03 bits per heavy atom. The van der Waals surface area contributed by atoms with Crippen LogP contribution in [-0.4, -0.2) is 43.4 Å². The van der Waals surface area contributed by atoms with Crippen LogP contribution in [0.25, 0.3) is 11.1 Å². The molecule has 32 heavy (non-hydrogen) atoms. The summed E-state index contributed by atoms with van der Waals surface area (Å²) in [5.74, 6) is -3.36. The first-order chi connectivity index (χ1) is 15.2. The van der Waals surface area contributed by atoms with Crippen LogP contribution in [0.5, 0.6) is 0 Å². The molecule has 2 unspecified atom stereocenters. The fourth-order valence-corrected chi connectivity index (χ4v) is 6.63. The lowest BCUT2D eigenvalue weighted by atomic mass is 9.79. The van der Waals surface area contributed by atoms with E-state index in [1.54, 1.807) is 12.1 Å². The van der Waals surface area contributed by atoms with E-state index in [-0.39, 0.29) is 11.3 Å². The van der Waals surface area contributed by atoms with E-state index in [1.165, 1.54) is 12.1 Å². The van der Waals surface area contributed by atoms with Gasteiger partial charge in [-0.15, -0.1) is 0 Å². The smallest absolute Gasteiger partial charge is 0.340 e. The minimum Gasteiger partial charge on any atom is -0.479 e. The molecule has 0 aromatic heterocycles. The summed E-state index contributed by atoms with van der Waals surface area (Å²) in [6, 6.07) is 13.8. The van der Waals surface area contributed by atoms with E-state index in [0.717, 1.165) is 22.0 Å². The van der Waals surface area contributed by atoms with Crippen molar-refractivity contribution in [1.82, 2.24) is 0 Å². The lowest BCUT2D eigenvalue weighted by Gasteiger charge is -2.46. The Kier molecular flexibility index (Phi) is 6.48. The predicted octanol–water partition coefficient (Wildman–Crippen LogP) is 3.95. The zero-order valence-electron chi connectivity index (χ0n) is 17.5. The Hall–Kier alpha value is -1.78. The van der Waals surface area contributed by atoms with E-state index in [4.69, 9.17) is 15.2 Å². The monoisotopic (exact) mass is 523 g/mol. The van der Waals surface area contributed by atoms with Gasteiger partial charge in [-0.3, -0.25) is 0 Å². The van der Waals surface area contributed by atoms with Gasteiger partial charge in [0.1, 0.15) is 0 Å². The van der Waals surface area contributed by atoms with Crippen LogP contribution in [0.4, 0.5) is 0 Å². The second-order valence-corrected chi connectivity index (χ2v) is 11.5. The molecule has 9 heteroatoms. The second-order valence-electron chi connectivity index (χ2n) is 8.39. The van der Waals surface area contributed by atoms with Crippen molar-refractivity contribution in [2.24, 2.45) is 11.7 Å². The molecule has 2 aromatic rings. The Balaban J connectivity index is 1.66. The first-order valence-electron chi connectivity index (χ1n) is 10.6. The van der Waals surface area contributed by atoms with Crippen LogP contribution in [0.3, 0.4) is 0 Å². The molecule has 2 atom stereocenters. The zero-order chi connectivity index (χ0) is 23.0. The molecular weight excluding hydrogens is 498 g/mol. The quantitative estimate of drug-likeness (QED) is 0.609. The molecule has 1 saturated heterocycles. The van der Waals surface area contributed by atoms with E-state index in [1.807, 2.05) is 24.3 Å². The van der Waals surface area contributed by atoms with Crippen molar-refractivity contribution in [3.63, 3.8) is 0 Å². The number of carboxylic acid groups (broad SMARTS) is 1. The lowest BCUT2D eigenvalue weighted by Crippen LogP contribution is -2.62. The Morgan fingerprint density at radius 3 is 2.16 bits per heavy atom. The highest BCUT2D eigenvalue weighted by atomic mass is 79.9. The van der Waals surface area contributed by atoms with Crippen LogP contribution < -0.4 is 5.73 Å². The van der Waals surface area contributed by atoms with Crippen LogP contribution in [0, 0.1) is 5.92 Å². The number of nitrogens with two attached hydrogens (primary N) is 1. The van der Waals surface area contributed by atoms with E-state index in [0.29, 0.717) is 32.5 Å². The number of sulfone groups is 1. The van der Waals surface area contributed by atoms with Gasteiger partial charge in [0.25, 0.3) is 0 Å².